The zero-order valence-electron chi connectivity index (χ0n) is 9.16. The van der Waals surface area contributed by atoms with E-state index in [1.165, 1.54) is 0 Å². The first kappa shape index (κ1) is 11.0. The van der Waals surface area contributed by atoms with Crippen LogP contribution in [-0.4, -0.2) is 29.8 Å². The number of imidazole rings is 1. The molecule has 4 nitrogen and oxygen atoms in total. The Bertz CT molecular complexity index is 258. The normalized spacial score (nSPS) is 10.9. The molecule has 1 heterocycles. The first-order chi connectivity index (χ1) is 6.74. The van der Waals surface area contributed by atoms with Gasteiger partial charge in [0.1, 0.15) is 0 Å². The molecule has 0 aromatic carbocycles. The second-order valence-electron chi connectivity index (χ2n) is 3.66. The van der Waals surface area contributed by atoms with Gasteiger partial charge in [0.15, 0.2) is 0 Å². The Morgan fingerprint density at radius 1 is 1.57 bits per heavy atom. The van der Waals surface area contributed by atoms with Crippen molar-refractivity contribution in [2.45, 2.75) is 20.4 Å². The van der Waals surface area contributed by atoms with Gasteiger partial charge in [-0.05, 0) is 5.92 Å². The number of aromatic nitrogens is 2. The Hall–Kier alpha value is -1.03. The number of hydrogen-bond donors (Lipinski definition) is 1. The molecule has 1 aromatic heterocycles. The minimum absolute atomic E-state index is 0.599. The predicted octanol–water partition coefficient (Wildman–Crippen LogP) is 1.60. The van der Waals surface area contributed by atoms with Crippen LogP contribution in [0.3, 0.4) is 0 Å². The van der Waals surface area contributed by atoms with E-state index in [0.717, 1.165) is 25.7 Å². The van der Waals surface area contributed by atoms with Crippen molar-refractivity contribution >= 4 is 5.95 Å². The Labute approximate surface area is 85.3 Å². The van der Waals surface area contributed by atoms with Gasteiger partial charge in [0, 0.05) is 32.6 Å². The number of nitrogens with zero attached hydrogens (tertiary/aromatic N) is 2. The Morgan fingerprint density at radius 3 is 3.00 bits per heavy atom. The van der Waals surface area contributed by atoms with Gasteiger partial charge >= 0.3 is 0 Å². The van der Waals surface area contributed by atoms with E-state index in [0.29, 0.717) is 5.92 Å². The molecule has 0 aliphatic carbocycles. The molecule has 0 radical (unpaired) electrons. The molecule has 0 aliphatic heterocycles. The molecule has 80 valence electrons. The van der Waals surface area contributed by atoms with Gasteiger partial charge in [-0.15, -0.1) is 0 Å². The van der Waals surface area contributed by atoms with Gasteiger partial charge in [0.05, 0.1) is 6.61 Å². The van der Waals surface area contributed by atoms with Crippen LogP contribution in [0.1, 0.15) is 13.8 Å². The summed E-state index contributed by atoms with van der Waals surface area (Å²) in [5.41, 5.74) is 0. The number of anilines is 1. The van der Waals surface area contributed by atoms with E-state index in [4.69, 9.17) is 4.74 Å². The molecular weight excluding hydrogens is 178 g/mol. The van der Waals surface area contributed by atoms with E-state index in [9.17, 15) is 0 Å². The molecule has 1 rings (SSSR count). The summed E-state index contributed by atoms with van der Waals surface area (Å²) in [5, 5.41) is 3.02. The summed E-state index contributed by atoms with van der Waals surface area (Å²) in [6.07, 6.45) is 3.73. The van der Waals surface area contributed by atoms with Crippen molar-refractivity contribution < 1.29 is 4.74 Å². The maximum Gasteiger partial charge on any atom is 0.202 e. The van der Waals surface area contributed by atoms with Crippen LogP contribution in [0.2, 0.25) is 0 Å². The van der Waals surface area contributed by atoms with Crippen molar-refractivity contribution in [1.82, 2.24) is 9.55 Å². The maximum absolute atomic E-state index is 5.49. The third-order valence-corrected chi connectivity index (χ3v) is 1.87. The van der Waals surface area contributed by atoms with Gasteiger partial charge in [0.25, 0.3) is 0 Å². The number of ether oxygens (including phenoxy) is 1. The van der Waals surface area contributed by atoms with E-state index < -0.39 is 0 Å². The molecule has 0 aliphatic rings. The lowest BCUT2D eigenvalue weighted by Gasteiger charge is -2.09. The Kier molecular flexibility index (Phi) is 4.46. The van der Waals surface area contributed by atoms with Crippen LogP contribution in [-0.2, 0) is 11.3 Å². The molecule has 0 fully saturated rings. The van der Waals surface area contributed by atoms with E-state index in [2.05, 4.69) is 24.1 Å². The summed E-state index contributed by atoms with van der Waals surface area (Å²) in [6, 6.07) is 0. The fourth-order valence-electron chi connectivity index (χ4n) is 1.20. The topological polar surface area (TPSA) is 39.1 Å². The van der Waals surface area contributed by atoms with Crippen LogP contribution < -0.4 is 5.32 Å². The average molecular weight is 197 g/mol. The Morgan fingerprint density at radius 2 is 2.36 bits per heavy atom. The van der Waals surface area contributed by atoms with Gasteiger partial charge in [-0.25, -0.2) is 4.98 Å². The number of hydrogen-bond acceptors (Lipinski definition) is 3. The highest BCUT2D eigenvalue weighted by Crippen LogP contribution is 2.02. The molecule has 14 heavy (non-hydrogen) atoms. The quantitative estimate of drug-likeness (QED) is 0.704. The highest BCUT2D eigenvalue weighted by molar-refractivity contribution is 5.23. The lowest BCUT2D eigenvalue weighted by atomic mass is 10.2. The van der Waals surface area contributed by atoms with Crippen LogP contribution in [0, 0.1) is 5.92 Å². The summed E-state index contributed by atoms with van der Waals surface area (Å²) in [7, 11) is 1.87. The number of rotatable bonds is 6. The summed E-state index contributed by atoms with van der Waals surface area (Å²) in [5.74, 6) is 1.49. The first-order valence-corrected chi connectivity index (χ1v) is 5.00. The number of nitrogens with one attached hydrogen (secondary N) is 1. The summed E-state index contributed by atoms with van der Waals surface area (Å²) in [4.78, 5) is 4.14. The molecule has 0 saturated heterocycles. The van der Waals surface area contributed by atoms with Crippen molar-refractivity contribution in [3.63, 3.8) is 0 Å². The highest BCUT2D eigenvalue weighted by Gasteiger charge is 1.99. The monoisotopic (exact) mass is 197 g/mol. The minimum atomic E-state index is 0.599. The van der Waals surface area contributed by atoms with Gasteiger partial charge < -0.3 is 14.6 Å². The van der Waals surface area contributed by atoms with Crippen LogP contribution >= 0.6 is 0 Å². The molecule has 0 spiro atoms. The molecule has 0 saturated carbocycles. The molecule has 0 bridgehead atoms. The van der Waals surface area contributed by atoms with Gasteiger partial charge in [-0.2, -0.15) is 0 Å². The Balaban J connectivity index is 2.24. The van der Waals surface area contributed by atoms with E-state index in [-0.39, 0.29) is 0 Å². The second kappa shape index (κ2) is 5.65. The van der Waals surface area contributed by atoms with Crippen molar-refractivity contribution in [3.8, 4) is 0 Å². The average Bonchev–Trinajstić information content (AvgIpc) is 2.59. The third kappa shape index (κ3) is 3.38. The van der Waals surface area contributed by atoms with Crippen LogP contribution in [0.15, 0.2) is 12.4 Å². The largest absolute Gasteiger partial charge is 0.379 e. The maximum atomic E-state index is 5.49. The third-order valence-electron chi connectivity index (χ3n) is 1.87. The van der Waals surface area contributed by atoms with Crippen LogP contribution in [0.5, 0.6) is 0 Å². The summed E-state index contributed by atoms with van der Waals surface area (Å²) >= 11 is 0. The zero-order valence-corrected chi connectivity index (χ0v) is 9.16. The van der Waals surface area contributed by atoms with Crippen molar-refractivity contribution in [3.05, 3.63) is 12.4 Å². The van der Waals surface area contributed by atoms with Crippen LogP contribution in [0.25, 0.3) is 0 Å². The van der Waals surface area contributed by atoms with E-state index in [1.54, 1.807) is 6.20 Å². The SMILES string of the molecule is CNc1nccn1CCOCC(C)C. The van der Waals surface area contributed by atoms with Crippen molar-refractivity contribution in [2.24, 2.45) is 5.92 Å². The molecule has 1 aromatic rings. The van der Waals surface area contributed by atoms with Gasteiger partial charge in [-0.1, -0.05) is 13.8 Å². The molecule has 4 heteroatoms. The summed E-state index contributed by atoms with van der Waals surface area (Å²) < 4.78 is 7.53. The first-order valence-electron chi connectivity index (χ1n) is 5.00. The standard InChI is InChI=1S/C10H19N3O/c1-9(2)8-14-7-6-13-5-4-12-10(13)11-3/h4-5,9H,6-8H2,1-3H3,(H,11,12). The smallest absolute Gasteiger partial charge is 0.202 e. The summed E-state index contributed by atoms with van der Waals surface area (Å²) in [6.45, 7) is 6.71. The molecular formula is C10H19N3O. The van der Waals surface area contributed by atoms with Crippen LogP contribution in [0.4, 0.5) is 5.95 Å². The van der Waals surface area contributed by atoms with Gasteiger partial charge in [0.2, 0.25) is 5.95 Å². The molecule has 1 N–H and O–H groups in total. The van der Waals surface area contributed by atoms with E-state index in [1.807, 2.05) is 17.8 Å². The van der Waals surface area contributed by atoms with E-state index >= 15 is 0 Å². The van der Waals surface area contributed by atoms with Crippen molar-refractivity contribution in [1.29, 1.82) is 0 Å². The zero-order chi connectivity index (χ0) is 10.4. The molecule has 0 amide bonds. The lowest BCUT2D eigenvalue weighted by Crippen LogP contribution is -2.10. The molecule has 0 unspecified atom stereocenters. The predicted molar refractivity (Wildman–Crippen MR) is 57.4 cm³/mol. The fourth-order valence-corrected chi connectivity index (χ4v) is 1.20. The fraction of sp³-hybridized carbons (Fsp3) is 0.700. The highest BCUT2D eigenvalue weighted by atomic mass is 16.5. The lowest BCUT2D eigenvalue weighted by molar-refractivity contribution is 0.103. The van der Waals surface area contributed by atoms with Crippen molar-refractivity contribution in [2.75, 3.05) is 25.6 Å². The minimum Gasteiger partial charge on any atom is -0.379 e. The van der Waals surface area contributed by atoms with Gasteiger partial charge in [-0.3, -0.25) is 0 Å². The second-order valence-corrected chi connectivity index (χ2v) is 3.66. The molecule has 0 atom stereocenters.